The Balaban J connectivity index is 0.000000304. The van der Waals surface area contributed by atoms with Gasteiger partial charge in [-0.2, -0.15) is 0 Å². The van der Waals surface area contributed by atoms with Crippen LogP contribution in [0.4, 0.5) is 5.69 Å². The van der Waals surface area contributed by atoms with Gasteiger partial charge >= 0.3 is 0 Å². The Hall–Kier alpha value is -2.05. The lowest BCUT2D eigenvalue weighted by Gasteiger charge is -2.23. The van der Waals surface area contributed by atoms with Crippen molar-refractivity contribution < 1.29 is 12.9 Å². The molecule has 0 aliphatic carbocycles. The molecule has 12 heteroatoms. The number of sulfonamides is 1. The van der Waals surface area contributed by atoms with E-state index < -0.39 is 10.0 Å². The molecule has 43 heavy (non-hydrogen) atoms. The number of H-pyrrole nitrogens is 1. The molecule has 0 unspecified atom stereocenters. The van der Waals surface area contributed by atoms with Gasteiger partial charge in [-0.3, -0.25) is 0 Å². The molecule has 0 fully saturated rings. The lowest BCUT2D eigenvalue weighted by molar-refractivity contribution is -0.870. The predicted molar refractivity (Wildman–Crippen MR) is 181 cm³/mol. The van der Waals surface area contributed by atoms with Gasteiger partial charge in [0, 0.05) is 22.7 Å². The van der Waals surface area contributed by atoms with Crippen molar-refractivity contribution in [2.45, 2.75) is 108 Å². The van der Waals surface area contributed by atoms with E-state index in [0.717, 1.165) is 9.36 Å². The van der Waals surface area contributed by atoms with Crippen LogP contribution >= 0.6 is 22.9 Å². The van der Waals surface area contributed by atoms with Crippen LogP contribution < -0.4 is 10.5 Å². The molecule has 2 heterocycles. The van der Waals surface area contributed by atoms with E-state index in [0.29, 0.717) is 23.6 Å². The lowest BCUT2D eigenvalue weighted by atomic mass is 10.0. The molecule has 0 amide bonds. The van der Waals surface area contributed by atoms with E-state index in [1.54, 1.807) is 11.3 Å². The van der Waals surface area contributed by atoms with Crippen molar-refractivity contribution in [3.63, 3.8) is 0 Å². The summed E-state index contributed by atoms with van der Waals surface area (Å²) < 4.78 is 24.4. The summed E-state index contributed by atoms with van der Waals surface area (Å²) in [6.45, 7) is 4.18. The summed E-state index contributed by atoms with van der Waals surface area (Å²) in [6, 6.07) is 6.76. The second-order valence-electron chi connectivity index (χ2n) is 12.2. The quantitative estimate of drug-likeness (QED) is 0.0836. The highest BCUT2D eigenvalue weighted by atomic mass is 35.5. The fourth-order valence-corrected chi connectivity index (χ4v) is 6.51. The Morgan fingerprint density at radius 3 is 1.98 bits per heavy atom. The van der Waals surface area contributed by atoms with Crippen molar-refractivity contribution in [3.05, 3.63) is 39.5 Å². The van der Waals surface area contributed by atoms with Gasteiger partial charge in [0.15, 0.2) is 5.82 Å². The minimum atomic E-state index is -3.96. The number of tetrazole rings is 1. The molecule has 4 N–H and O–H groups in total. The average Bonchev–Trinajstić information content (AvgIpc) is 3.66. The Bertz CT molecular complexity index is 1250. The minimum absolute atomic E-state index is 0.0254. The molecule has 0 radical (unpaired) electrons. The van der Waals surface area contributed by atoms with Gasteiger partial charge in [0.05, 0.1) is 32.7 Å². The summed E-state index contributed by atoms with van der Waals surface area (Å²) in [5.74, 6) is 0.306. The lowest BCUT2D eigenvalue weighted by Crippen LogP contribution is -2.35. The summed E-state index contributed by atoms with van der Waals surface area (Å²) >= 11 is 7.65. The monoisotopic (exact) mass is 654 g/mol. The largest absolute Gasteiger partial charge is 0.380 e. The number of thiophene rings is 1. The number of aromatic amines is 1. The maximum Gasteiger partial charge on any atom is 0.239 e. The molecular formula is C31H53ClN7O2S2+. The summed E-state index contributed by atoms with van der Waals surface area (Å²) in [6.07, 6.45) is 20.4. The Labute approximate surface area is 268 Å². The number of benzene rings is 1. The van der Waals surface area contributed by atoms with Crippen LogP contribution in [0.15, 0.2) is 34.5 Å². The molecule has 2 aromatic heterocycles. The summed E-state index contributed by atoms with van der Waals surface area (Å²) in [7, 11) is 2.92. The fraction of sp³-hybridized carbons (Fsp3) is 0.645. The topological polar surface area (TPSA) is 127 Å². The number of primary sulfonamides is 1. The Morgan fingerprint density at radius 1 is 0.930 bits per heavy atom. The molecule has 0 saturated heterocycles. The average molecular weight is 655 g/mol. The first-order chi connectivity index (χ1) is 20.5. The SMILES string of the molecule is CCCCCCCCCCCCCCCC[N+](C)(C)C.NS(=O)(=O)c1cc(-c2nnn[nH]2)c(NCc2cccs2)cc1Cl. The van der Waals surface area contributed by atoms with E-state index in [1.165, 1.54) is 109 Å². The standard InChI is InChI=1S/C19H42N.C12H11ClN6O2S2/c1-5-6-7-8-9-10-11-12-13-14-15-16-17-18-19-20(2,3)4;13-9-5-10(15-6-7-2-1-3-22-7)8(12-16-18-19-17-12)4-11(9)23(14,20)21/h5-19H2,1-4H3;1-5,15H,6H2,(H2,14,20,21)(H,16,17,18,19)/q+1;. The summed E-state index contributed by atoms with van der Waals surface area (Å²) in [4.78, 5) is 0.922. The maximum atomic E-state index is 11.6. The van der Waals surface area contributed by atoms with Crippen LogP contribution in [0, 0.1) is 0 Å². The first kappa shape index (κ1) is 37.1. The number of rotatable bonds is 20. The molecule has 0 aliphatic heterocycles. The van der Waals surface area contributed by atoms with Gasteiger partial charge in [0.25, 0.3) is 0 Å². The smallest absolute Gasteiger partial charge is 0.239 e. The van der Waals surface area contributed by atoms with E-state index in [1.807, 2.05) is 17.5 Å². The van der Waals surface area contributed by atoms with Gasteiger partial charge in [-0.25, -0.2) is 18.7 Å². The first-order valence-electron chi connectivity index (χ1n) is 15.7. The summed E-state index contributed by atoms with van der Waals surface area (Å²) in [5.41, 5.74) is 1.05. The molecule has 3 rings (SSSR count). The Kier molecular flexibility index (Phi) is 17.3. The molecule has 0 saturated carbocycles. The number of anilines is 1. The third kappa shape index (κ3) is 16.0. The minimum Gasteiger partial charge on any atom is -0.380 e. The van der Waals surface area contributed by atoms with Crippen LogP contribution in [0.1, 0.15) is 102 Å². The van der Waals surface area contributed by atoms with Crippen molar-refractivity contribution in [2.24, 2.45) is 5.14 Å². The number of hydrogen-bond donors (Lipinski definition) is 3. The van der Waals surface area contributed by atoms with Crippen LogP contribution in [0.2, 0.25) is 5.02 Å². The number of halogens is 1. The first-order valence-corrected chi connectivity index (χ1v) is 18.5. The molecular weight excluding hydrogens is 602 g/mol. The number of nitrogens with zero attached hydrogens (tertiary/aromatic N) is 4. The van der Waals surface area contributed by atoms with Gasteiger partial charge in [0.1, 0.15) is 4.90 Å². The van der Waals surface area contributed by atoms with Gasteiger partial charge in [-0.05, 0) is 46.8 Å². The zero-order chi connectivity index (χ0) is 31.6. The van der Waals surface area contributed by atoms with Crippen molar-refractivity contribution >= 4 is 38.6 Å². The van der Waals surface area contributed by atoms with Crippen molar-refractivity contribution in [1.82, 2.24) is 20.6 Å². The van der Waals surface area contributed by atoms with Gasteiger partial charge < -0.3 is 9.80 Å². The van der Waals surface area contributed by atoms with Crippen LogP contribution in [-0.4, -0.2) is 61.2 Å². The number of unbranched alkanes of at least 4 members (excludes halogenated alkanes) is 13. The number of aromatic nitrogens is 4. The van der Waals surface area contributed by atoms with Gasteiger partial charge in [-0.1, -0.05) is 102 Å². The van der Waals surface area contributed by atoms with Crippen LogP contribution in [-0.2, 0) is 16.6 Å². The molecule has 0 bridgehead atoms. The van der Waals surface area contributed by atoms with E-state index in [2.05, 4.69) is 54.0 Å². The second kappa shape index (κ2) is 20.1. The van der Waals surface area contributed by atoms with Crippen molar-refractivity contribution in [2.75, 3.05) is 33.0 Å². The number of quaternary nitrogens is 1. The van der Waals surface area contributed by atoms with Crippen molar-refractivity contribution in [3.8, 4) is 11.4 Å². The molecule has 9 nitrogen and oxygen atoms in total. The second-order valence-corrected chi connectivity index (χ2v) is 15.1. The Morgan fingerprint density at radius 2 is 1.51 bits per heavy atom. The highest BCUT2D eigenvalue weighted by Gasteiger charge is 2.19. The van der Waals surface area contributed by atoms with Crippen molar-refractivity contribution in [1.29, 1.82) is 0 Å². The normalized spacial score (nSPS) is 11.8. The van der Waals surface area contributed by atoms with Crippen LogP contribution in [0.3, 0.4) is 0 Å². The molecule has 1 aromatic carbocycles. The third-order valence-corrected chi connectivity index (χ3v) is 9.45. The molecule has 3 aromatic rings. The highest BCUT2D eigenvalue weighted by Crippen LogP contribution is 2.33. The maximum absolute atomic E-state index is 11.6. The molecule has 0 aliphatic rings. The van der Waals surface area contributed by atoms with Crippen LogP contribution in [0.5, 0.6) is 0 Å². The van der Waals surface area contributed by atoms with Crippen LogP contribution in [0.25, 0.3) is 11.4 Å². The van der Waals surface area contributed by atoms with E-state index in [-0.39, 0.29) is 9.92 Å². The number of hydrogen-bond acceptors (Lipinski definition) is 7. The molecule has 242 valence electrons. The van der Waals surface area contributed by atoms with Gasteiger partial charge in [0.2, 0.25) is 10.0 Å². The highest BCUT2D eigenvalue weighted by molar-refractivity contribution is 7.89. The van der Waals surface area contributed by atoms with Gasteiger partial charge in [-0.15, -0.1) is 16.4 Å². The zero-order valence-corrected chi connectivity index (χ0v) is 29.0. The molecule has 0 spiro atoms. The predicted octanol–water partition coefficient (Wildman–Crippen LogP) is 8.02. The van der Waals surface area contributed by atoms with E-state index in [4.69, 9.17) is 16.7 Å². The number of nitrogens with two attached hydrogens (primary N) is 1. The third-order valence-electron chi connectivity index (χ3n) is 7.19. The summed E-state index contributed by atoms with van der Waals surface area (Å²) in [5, 5.41) is 23.8. The molecule has 0 atom stereocenters. The fourth-order valence-electron chi connectivity index (χ4n) is 4.76. The zero-order valence-electron chi connectivity index (χ0n) is 26.6. The van der Waals surface area contributed by atoms with E-state index in [9.17, 15) is 8.42 Å². The van der Waals surface area contributed by atoms with E-state index >= 15 is 0 Å². The number of nitrogens with one attached hydrogen (secondary N) is 2.